The van der Waals surface area contributed by atoms with Gasteiger partial charge in [0.15, 0.2) is 5.16 Å². The molecule has 0 saturated carbocycles. The minimum atomic E-state index is -0.270. The van der Waals surface area contributed by atoms with Gasteiger partial charge in [0.2, 0.25) is 0 Å². The van der Waals surface area contributed by atoms with E-state index in [0.717, 1.165) is 23.6 Å². The van der Waals surface area contributed by atoms with Crippen molar-refractivity contribution in [3.05, 3.63) is 74.6 Å². The highest BCUT2D eigenvalue weighted by Crippen LogP contribution is 2.21. The van der Waals surface area contributed by atoms with Gasteiger partial charge in [-0.15, -0.1) is 11.3 Å². The highest BCUT2D eigenvalue weighted by atomic mass is 32.2. The number of hydrogen-bond acceptors (Lipinski definition) is 6. The molecule has 8 heteroatoms. The van der Waals surface area contributed by atoms with Gasteiger partial charge in [-0.05, 0) is 18.4 Å². The highest BCUT2D eigenvalue weighted by Gasteiger charge is 2.24. The van der Waals surface area contributed by atoms with Crippen LogP contribution in [0.25, 0.3) is 0 Å². The maximum atomic E-state index is 13.2. The number of rotatable bonds is 7. The quantitative estimate of drug-likeness (QED) is 0.558. The summed E-state index contributed by atoms with van der Waals surface area (Å²) in [5.74, 6) is 0.549. The van der Waals surface area contributed by atoms with Crippen molar-refractivity contribution < 1.29 is 4.79 Å². The van der Waals surface area contributed by atoms with Gasteiger partial charge in [-0.1, -0.05) is 42.1 Å². The number of fused-ring (bicyclic) bond motifs is 1. The van der Waals surface area contributed by atoms with E-state index in [4.69, 9.17) is 0 Å². The van der Waals surface area contributed by atoms with Crippen molar-refractivity contribution in [2.75, 3.05) is 12.3 Å². The van der Waals surface area contributed by atoms with Crippen LogP contribution in [-0.4, -0.2) is 37.6 Å². The minimum absolute atomic E-state index is 0.141. The van der Waals surface area contributed by atoms with Crippen molar-refractivity contribution >= 4 is 29.0 Å². The zero-order valence-corrected chi connectivity index (χ0v) is 16.9. The fourth-order valence-electron chi connectivity index (χ4n) is 3.20. The second kappa shape index (κ2) is 8.70. The molecular formula is C20H20N4O2S2. The van der Waals surface area contributed by atoms with E-state index in [1.807, 2.05) is 23.6 Å². The second-order valence-electron chi connectivity index (χ2n) is 6.50. The summed E-state index contributed by atoms with van der Waals surface area (Å²) < 4.78 is 1.60. The van der Waals surface area contributed by atoms with E-state index in [9.17, 15) is 9.59 Å². The van der Waals surface area contributed by atoms with E-state index >= 15 is 0 Å². The fourth-order valence-corrected chi connectivity index (χ4v) is 4.74. The molecule has 2 aromatic heterocycles. The molecule has 1 aliphatic rings. The second-order valence-corrected chi connectivity index (χ2v) is 8.54. The Hall–Kier alpha value is -2.45. The molecule has 3 heterocycles. The summed E-state index contributed by atoms with van der Waals surface area (Å²) in [4.78, 5) is 36.3. The topological polar surface area (TPSA) is 68.1 Å². The SMILES string of the molecule is O=C(c1cnc2n(c1=O)CCS2)N(CCCc1ccccc1)Cc1nccs1. The normalized spacial score (nSPS) is 12.7. The number of carbonyl (C=O) groups is 1. The number of aryl methyl sites for hydroxylation is 1. The van der Waals surface area contributed by atoms with E-state index < -0.39 is 0 Å². The van der Waals surface area contributed by atoms with Crippen molar-refractivity contribution in [3.8, 4) is 0 Å². The van der Waals surface area contributed by atoms with Crippen molar-refractivity contribution in [1.82, 2.24) is 19.4 Å². The van der Waals surface area contributed by atoms with Crippen LogP contribution in [0, 0.1) is 0 Å². The third-order valence-corrected chi connectivity index (χ3v) is 6.36. The Labute approximate surface area is 171 Å². The fraction of sp³-hybridized carbons (Fsp3) is 0.300. The summed E-state index contributed by atoms with van der Waals surface area (Å²) in [6.45, 7) is 1.57. The Morgan fingerprint density at radius 3 is 2.86 bits per heavy atom. The molecule has 1 aliphatic heterocycles. The van der Waals surface area contributed by atoms with Crippen LogP contribution in [-0.2, 0) is 19.5 Å². The molecule has 0 unspecified atom stereocenters. The number of aromatic nitrogens is 3. The number of benzene rings is 1. The first-order valence-electron chi connectivity index (χ1n) is 9.16. The Bertz CT molecular complexity index is 1000. The standard InChI is InChI=1S/C20H20N4O2S2/c25-18(16-13-22-20-24(19(16)26)10-12-28-20)23(14-17-21-8-11-27-17)9-4-7-15-5-2-1-3-6-15/h1-3,5-6,8,11,13H,4,7,9-10,12,14H2. The molecule has 1 aromatic carbocycles. The molecule has 0 N–H and O–H groups in total. The van der Waals surface area contributed by atoms with E-state index in [0.29, 0.717) is 24.8 Å². The lowest BCUT2D eigenvalue weighted by Crippen LogP contribution is -2.37. The molecule has 0 atom stereocenters. The van der Waals surface area contributed by atoms with Gasteiger partial charge in [0.1, 0.15) is 10.6 Å². The monoisotopic (exact) mass is 412 g/mol. The summed E-state index contributed by atoms with van der Waals surface area (Å²) in [5, 5.41) is 3.44. The maximum absolute atomic E-state index is 13.2. The predicted octanol–water partition coefficient (Wildman–Crippen LogP) is 3.08. The molecular weight excluding hydrogens is 392 g/mol. The molecule has 3 aromatic rings. The van der Waals surface area contributed by atoms with Crippen LogP contribution in [0.3, 0.4) is 0 Å². The predicted molar refractivity (Wildman–Crippen MR) is 111 cm³/mol. The molecule has 4 rings (SSSR count). The summed E-state index contributed by atoms with van der Waals surface area (Å²) in [5.41, 5.74) is 1.13. The highest BCUT2D eigenvalue weighted by molar-refractivity contribution is 7.99. The number of thioether (sulfide) groups is 1. The van der Waals surface area contributed by atoms with Gasteiger partial charge in [0.05, 0.1) is 6.54 Å². The summed E-state index contributed by atoms with van der Waals surface area (Å²) in [7, 11) is 0. The van der Waals surface area contributed by atoms with Crippen LogP contribution >= 0.6 is 23.1 Å². The number of thiazole rings is 1. The number of hydrogen-bond donors (Lipinski definition) is 0. The van der Waals surface area contributed by atoms with Gasteiger partial charge in [-0.25, -0.2) is 9.97 Å². The lowest BCUT2D eigenvalue weighted by molar-refractivity contribution is 0.0737. The average molecular weight is 413 g/mol. The zero-order chi connectivity index (χ0) is 19.3. The molecule has 0 spiro atoms. The minimum Gasteiger partial charge on any atom is -0.332 e. The number of carbonyl (C=O) groups excluding carboxylic acids is 1. The van der Waals surface area contributed by atoms with Crippen LogP contribution < -0.4 is 5.56 Å². The third kappa shape index (κ3) is 4.18. The van der Waals surface area contributed by atoms with Gasteiger partial charge in [-0.3, -0.25) is 14.2 Å². The molecule has 6 nitrogen and oxygen atoms in total. The maximum Gasteiger partial charge on any atom is 0.267 e. The van der Waals surface area contributed by atoms with Crippen LogP contribution in [0.1, 0.15) is 27.3 Å². The first kappa shape index (κ1) is 18.9. The van der Waals surface area contributed by atoms with Gasteiger partial charge in [0, 0.05) is 36.6 Å². The lowest BCUT2D eigenvalue weighted by Gasteiger charge is -2.21. The largest absolute Gasteiger partial charge is 0.332 e. The van der Waals surface area contributed by atoms with Crippen LogP contribution in [0.5, 0.6) is 0 Å². The molecule has 0 fully saturated rings. The van der Waals surface area contributed by atoms with E-state index in [2.05, 4.69) is 22.1 Å². The molecule has 1 amide bonds. The van der Waals surface area contributed by atoms with Crippen molar-refractivity contribution in [1.29, 1.82) is 0 Å². The molecule has 0 bridgehead atoms. The summed E-state index contributed by atoms with van der Waals surface area (Å²) >= 11 is 3.06. The van der Waals surface area contributed by atoms with E-state index in [1.54, 1.807) is 27.4 Å². The number of amides is 1. The van der Waals surface area contributed by atoms with Gasteiger partial charge < -0.3 is 4.90 Å². The lowest BCUT2D eigenvalue weighted by atomic mass is 10.1. The first-order valence-corrected chi connectivity index (χ1v) is 11.0. The van der Waals surface area contributed by atoms with Crippen LogP contribution in [0.4, 0.5) is 0 Å². The summed E-state index contributed by atoms with van der Waals surface area (Å²) in [6.07, 6.45) is 4.85. The van der Waals surface area contributed by atoms with Gasteiger partial charge >= 0.3 is 0 Å². The molecule has 144 valence electrons. The third-order valence-electron chi connectivity index (χ3n) is 4.62. The van der Waals surface area contributed by atoms with Crippen molar-refractivity contribution in [2.24, 2.45) is 0 Å². The van der Waals surface area contributed by atoms with Crippen LogP contribution in [0.2, 0.25) is 0 Å². The smallest absolute Gasteiger partial charge is 0.267 e. The zero-order valence-electron chi connectivity index (χ0n) is 15.3. The summed E-state index contributed by atoms with van der Waals surface area (Å²) in [6, 6.07) is 10.2. The first-order chi connectivity index (χ1) is 13.7. The average Bonchev–Trinajstić information content (AvgIpc) is 3.40. The Kier molecular flexibility index (Phi) is 5.87. The van der Waals surface area contributed by atoms with Crippen molar-refractivity contribution in [2.45, 2.75) is 31.1 Å². The molecule has 0 aliphatic carbocycles. The van der Waals surface area contributed by atoms with Gasteiger partial charge in [0.25, 0.3) is 11.5 Å². The Balaban J connectivity index is 1.52. The van der Waals surface area contributed by atoms with E-state index in [-0.39, 0.29) is 17.0 Å². The van der Waals surface area contributed by atoms with Crippen molar-refractivity contribution in [3.63, 3.8) is 0 Å². The van der Waals surface area contributed by atoms with Gasteiger partial charge in [-0.2, -0.15) is 0 Å². The number of nitrogens with zero attached hydrogens (tertiary/aromatic N) is 4. The molecule has 28 heavy (non-hydrogen) atoms. The van der Waals surface area contributed by atoms with E-state index in [1.165, 1.54) is 23.1 Å². The Morgan fingerprint density at radius 1 is 1.21 bits per heavy atom. The molecule has 0 radical (unpaired) electrons. The molecule has 0 saturated heterocycles. The van der Waals surface area contributed by atoms with Crippen LogP contribution in [0.15, 0.2) is 58.1 Å². The Morgan fingerprint density at radius 2 is 2.07 bits per heavy atom.